The normalized spacial score (nSPS) is 11.7. The number of H-pyrrole nitrogens is 1. The first-order valence-corrected chi connectivity index (χ1v) is 6.80. The quantitative estimate of drug-likeness (QED) is 0.680. The van der Waals surface area contributed by atoms with Gasteiger partial charge in [-0.05, 0) is 0 Å². The zero-order chi connectivity index (χ0) is 11.1. The van der Waals surface area contributed by atoms with E-state index in [4.69, 9.17) is 13.3 Å². The van der Waals surface area contributed by atoms with Gasteiger partial charge in [0, 0.05) is 45.9 Å². The molecule has 0 aliphatic carbocycles. The molecule has 0 saturated carbocycles. The third kappa shape index (κ3) is 3.39. The average molecular weight is 228 g/mol. The molecule has 0 amide bonds. The van der Waals surface area contributed by atoms with Crippen LogP contribution in [0, 0.1) is 0 Å². The Kier molecular flexibility index (Phi) is 4.90. The molecule has 0 aromatic carbocycles. The molecule has 15 heavy (non-hydrogen) atoms. The van der Waals surface area contributed by atoms with Gasteiger partial charge >= 0.3 is 8.80 Å². The van der Waals surface area contributed by atoms with Crippen LogP contribution in [0.2, 0.25) is 6.04 Å². The lowest BCUT2D eigenvalue weighted by molar-refractivity contribution is -0.390. The molecule has 1 heterocycles. The van der Waals surface area contributed by atoms with Gasteiger partial charge in [0.2, 0.25) is 0 Å². The van der Waals surface area contributed by atoms with Crippen molar-refractivity contribution in [2.75, 3.05) is 21.3 Å². The predicted octanol–water partition coefficient (Wildman–Crippen LogP) is 0.921. The third-order valence-corrected chi connectivity index (χ3v) is 5.14. The maximum absolute atomic E-state index is 5.34. The molecule has 84 valence electrons. The van der Waals surface area contributed by atoms with Crippen LogP contribution in [0.25, 0.3) is 0 Å². The van der Waals surface area contributed by atoms with E-state index in [1.54, 1.807) is 21.3 Å². The molecule has 1 aromatic rings. The van der Waals surface area contributed by atoms with Gasteiger partial charge in [-0.2, -0.15) is 0 Å². The molecular weight excluding hydrogens is 210 g/mol. The van der Waals surface area contributed by atoms with E-state index in [2.05, 4.69) is 4.98 Å². The Hall–Kier alpha value is -0.753. The molecule has 0 spiro atoms. The van der Waals surface area contributed by atoms with E-state index in [1.165, 1.54) is 0 Å². The Morgan fingerprint density at radius 3 is 2.27 bits per heavy atom. The molecule has 1 aromatic heterocycles. The summed E-state index contributed by atoms with van der Waals surface area (Å²) in [6, 6.07) is 6.77. The topological polar surface area (TPSA) is 41.8 Å². The minimum Gasteiger partial charge on any atom is -0.377 e. The van der Waals surface area contributed by atoms with Gasteiger partial charge in [0.15, 0.2) is 11.9 Å². The number of pyridine rings is 1. The zero-order valence-electron chi connectivity index (χ0n) is 9.45. The lowest BCUT2D eigenvalue weighted by Gasteiger charge is -2.23. The van der Waals surface area contributed by atoms with Crippen LogP contribution in [-0.4, -0.2) is 30.1 Å². The molecule has 4 nitrogen and oxygen atoms in total. The highest BCUT2D eigenvalue weighted by molar-refractivity contribution is 6.60. The number of hydrogen-bond donors (Lipinski definition) is 0. The molecule has 0 atom stereocenters. The molecule has 0 saturated heterocycles. The minimum absolute atomic E-state index is 0.775. The Labute approximate surface area is 91.6 Å². The highest BCUT2D eigenvalue weighted by Gasteiger charge is 2.37. The van der Waals surface area contributed by atoms with Crippen LogP contribution < -0.4 is 4.98 Å². The maximum Gasteiger partial charge on any atom is 0.500 e. The van der Waals surface area contributed by atoms with Crippen molar-refractivity contribution < 1.29 is 18.3 Å². The third-order valence-electron chi connectivity index (χ3n) is 2.41. The van der Waals surface area contributed by atoms with Crippen molar-refractivity contribution in [3.8, 4) is 0 Å². The monoisotopic (exact) mass is 228 g/mol. The fourth-order valence-corrected chi connectivity index (χ4v) is 3.12. The van der Waals surface area contributed by atoms with Gasteiger partial charge in [-0.15, -0.1) is 0 Å². The van der Waals surface area contributed by atoms with Gasteiger partial charge in [-0.3, -0.25) is 0 Å². The SMILES string of the molecule is CO[Si](CCc1cccc[nH+]1)(OC)OC. The number of rotatable bonds is 6. The fourth-order valence-electron chi connectivity index (χ4n) is 1.43. The molecule has 0 bridgehead atoms. The van der Waals surface area contributed by atoms with Crippen molar-refractivity contribution >= 4 is 8.80 Å². The van der Waals surface area contributed by atoms with E-state index in [-0.39, 0.29) is 0 Å². The summed E-state index contributed by atoms with van der Waals surface area (Å²) in [7, 11) is 2.48. The molecular formula is C10H18NO3Si+. The number of nitrogens with one attached hydrogen (secondary N) is 1. The Balaban J connectivity index is 2.54. The van der Waals surface area contributed by atoms with Crippen LogP contribution in [0.15, 0.2) is 24.4 Å². The molecule has 0 radical (unpaired) electrons. The van der Waals surface area contributed by atoms with Crippen molar-refractivity contribution in [3.05, 3.63) is 30.1 Å². The minimum atomic E-state index is -2.42. The molecule has 0 fully saturated rings. The summed E-state index contributed by atoms with van der Waals surface area (Å²) in [6.07, 6.45) is 2.77. The van der Waals surface area contributed by atoms with Gasteiger partial charge in [-0.1, -0.05) is 6.07 Å². The number of aryl methyl sites for hydroxylation is 1. The highest BCUT2D eigenvalue weighted by atomic mass is 28.4. The molecule has 1 N–H and O–H groups in total. The first-order chi connectivity index (χ1) is 7.26. The van der Waals surface area contributed by atoms with Crippen molar-refractivity contribution in [1.82, 2.24) is 0 Å². The van der Waals surface area contributed by atoms with E-state index in [0.29, 0.717) is 0 Å². The molecule has 5 heteroatoms. The summed E-state index contributed by atoms with van der Waals surface area (Å²) in [4.78, 5) is 3.17. The number of hydrogen-bond acceptors (Lipinski definition) is 3. The summed E-state index contributed by atoms with van der Waals surface area (Å²) in [5.74, 6) is 0. The summed E-state index contributed by atoms with van der Waals surface area (Å²) in [5.41, 5.74) is 1.15. The van der Waals surface area contributed by atoms with Crippen LogP contribution >= 0.6 is 0 Å². The Morgan fingerprint density at radius 2 is 1.80 bits per heavy atom. The van der Waals surface area contributed by atoms with Crippen LogP contribution in [0.5, 0.6) is 0 Å². The Morgan fingerprint density at radius 1 is 1.13 bits per heavy atom. The summed E-state index contributed by atoms with van der Waals surface area (Å²) < 4.78 is 16.0. The van der Waals surface area contributed by atoms with Crippen LogP contribution in [0.3, 0.4) is 0 Å². The van der Waals surface area contributed by atoms with E-state index in [9.17, 15) is 0 Å². The van der Waals surface area contributed by atoms with Gasteiger partial charge in [0.1, 0.15) is 0 Å². The standard InChI is InChI=1S/C10H17NO3Si/c1-12-15(13-2,14-3)9-7-10-6-4-5-8-11-10/h4-6,8H,7,9H2,1-3H3/p+1. The molecule has 0 aliphatic rings. The smallest absolute Gasteiger partial charge is 0.377 e. The summed E-state index contributed by atoms with van der Waals surface area (Å²) in [6.45, 7) is 0. The van der Waals surface area contributed by atoms with Gasteiger partial charge in [0.25, 0.3) is 0 Å². The first kappa shape index (κ1) is 12.3. The highest BCUT2D eigenvalue weighted by Crippen LogP contribution is 2.14. The largest absolute Gasteiger partial charge is 0.500 e. The van der Waals surface area contributed by atoms with Crippen LogP contribution in [0.1, 0.15) is 5.69 Å². The van der Waals surface area contributed by atoms with Crippen molar-refractivity contribution in [2.45, 2.75) is 12.5 Å². The lowest BCUT2D eigenvalue weighted by atomic mass is 10.3. The van der Waals surface area contributed by atoms with Gasteiger partial charge < -0.3 is 13.3 Å². The second kappa shape index (κ2) is 5.97. The molecule has 0 aliphatic heterocycles. The number of aromatic amines is 1. The second-order valence-electron chi connectivity index (χ2n) is 3.18. The summed E-state index contributed by atoms with van der Waals surface area (Å²) >= 11 is 0. The first-order valence-electron chi connectivity index (χ1n) is 4.87. The molecule has 0 unspecified atom stereocenters. The van der Waals surface area contributed by atoms with Crippen molar-refractivity contribution in [2.24, 2.45) is 0 Å². The van der Waals surface area contributed by atoms with Crippen LogP contribution in [-0.2, 0) is 19.7 Å². The zero-order valence-corrected chi connectivity index (χ0v) is 10.4. The lowest BCUT2D eigenvalue weighted by Crippen LogP contribution is -2.43. The number of aromatic nitrogens is 1. The Bertz CT molecular complexity index is 269. The van der Waals surface area contributed by atoms with Crippen molar-refractivity contribution in [3.63, 3.8) is 0 Å². The van der Waals surface area contributed by atoms with Gasteiger partial charge in [0.05, 0.1) is 0 Å². The average Bonchev–Trinajstić information content (AvgIpc) is 2.33. The van der Waals surface area contributed by atoms with E-state index < -0.39 is 8.80 Å². The van der Waals surface area contributed by atoms with E-state index in [1.807, 2.05) is 24.4 Å². The van der Waals surface area contributed by atoms with E-state index in [0.717, 1.165) is 18.2 Å². The van der Waals surface area contributed by atoms with Gasteiger partial charge in [-0.25, -0.2) is 4.98 Å². The second-order valence-corrected chi connectivity index (χ2v) is 6.27. The van der Waals surface area contributed by atoms with Crippen molar-refractivity contribution in [1.29, 1.82) is 0 Å². The molecule has 1 rings (SSSR count). The predicted molar refractivity (Wildman–Crippen MR) is 58.3 cm³/mol. The fraction of sp³-hybridized carbons (Fsp3) is 0.500. The van der Waals surface area contributed by atoms with E-state index >= 15 is 0 Å². The van der Waals surface area contributed by atoms with Crippen LogP contribution in [0.4, 0.5) is 0 Å². The summed E-state index contributed by atoms with van der Waals surface area (Å²) in [5, 5.41) is 0. The maximum atomic E-state index is 5.34.